The molecule has 0 aromatic carbocycles. The molecular weight excluding hydrogens is 293 g/mol. The Bertz CT molecular complexity index is 380. The number of carbonyl (C=O) groups is 1. The first-order valence-electron chi connectivity index (χ1n) is 5.31. The highest BCUT2D eigenvalue weighted by molar-refractivity contribution is 9.10. The summed E-state index contributed by atoms with van der Waals surface area (Å²) in [6.45, 7) is 1.60. The van der Waals surface area contributed by atoms with E-state index in [0.29, 0.717) is 22.2 Å². The maximum atomic E-state index is 12.0. The standard InChI is InChI=1S/C11H13BrClNO2/c12-10-2-1-9(16-10)11(15)14-6-4-8(7-14)3-5-13/h1-2,8H,3-7H2. The van der Waals surface area contributed by atoms with Crippen LogP contribution in [-0.2, 0) is 0 Å². The van der Waals surface area contributed by atoms with Crippen LogP contribution in [0.2, 0.25) is 0 Å². The smallest absolute Gasteiger partial charge is 0.289 e. The molecule has 0 aliphatic carbocycles. The number of furan rings is 1. The maximum Gasteiger partial charge on any atom is 0.289 e. The predicted molar refractivity (Wildman–Crippen MR) is 65.8 cm³/mol. The van der Waals surface area contributed by atoms with Gasteiger partial charge in [0.2, 0.25) is 0 Å². The van der Waals surface area contributed by atoms with Crippen molar-refractivity contribution in [2.24, 2.45) is 5.92 Å². The highest BCUT2D eigenvalue weighted by atomic mass is 79.9. The van der Waals surface area contributed by atoms with Gasteiger partial charge in [0.25, 0.3) is 5.91 Å². The molecule has 0 radical (unpaired) electrons. The molecule has 0 N–H and O–H groups in total. The van der Waals surface area contributed by atoms with Gasteiger partial charge in [0.1, 0.15) is 0 Å². The van der Waals surface area contributed by atoms with E-state index in [9.17, 15) is 4.79 Å². The van der Waals surface area contributed by atoms with Crippen molar-refractivity contribution in [2.75, 3.05) is 19.0 Å². The lowest BCUT2D eigenvalue weighted by molar-refractivity contribution is 0.0754. The minimum absolute atomic E-state index is 0.0252. The van der Waals surface area contributed by atoms with Gasteiger partial charge < -0.3 is 9.32 Å². The van der Waals surface area contributed by atoms with Gasteiger partial charge in [0.05, 0.1) is 0 Å². The summed E-state index contributed by atoms with van der Waals surface area (Å²) in [6.07, 6.45) is 2.02. The van der Waals surface area contributed by atoms with Crippen LogP contribution in [0.4, 0.5) is 0 Å². The molecule has 1 fully saturated rings. The first-order valence-corrected chi connectivity index (χ1v) is 6.64. The Hall–Kier alpha value is -0.480. The van der Waals surface area contributed by atoms with Crippen molar-refractivity contribution >= 4 is 33.4 Å². The molecule has 1 atom stereocenters. The van der Waals surface area contributed by atoms with E-state index in [1.165, 1.54) is 0 Å². The number of carbonyl (C=O) groups excluding carboxylic acids is 1. The molecule has 5 heteroatoms. The summed E-state index contributed by atoms with van der Waals surface area (Å²) in [5.74, 6) is 1.58. The van der Waals surface area contributed by atoms with Crippen molar-refractivity contribution in [1.82, 2.24) is 4.90 Å². The average Bonchev–Trinajstić information content (AvgIpc) is 2.87. The summed E-state index contributed by atoms with van der Waals surface area (Å²) >= 11 is 8.89. The van der Waals surface area contributed by atoms with Gasteiger partial charge in [0, 0.05) is 19.0 Å². The number of likely N-dealkylation sites (tertiary alicyclic amines) is 1. The summed E-state index contributed by atoms with van der Waals surface area (Å²) < 4.78 is 5.84. The molecule has 16 heavy (non-hydrogen) atoms. The van der Waals surface area contributed by atoms with Crippen LogP contribution in [0.25, 0.3) is 0 Å². The average molecular weight is 307 g/mol. The minimum Gasteiger partial charge on any atom is -0.444 e. The molecule has 0 bridgehead atoms. The number of hydrogen-bond donors (Lipinski definition) is 0. The van der Waals surface area contributed by atoms with Gasteiger partial charge in [-0.05, 0) is 46.8 Å². The number of amides is 1. The second-order valence-corrected chi connectivity index (χ2v) is 5.15. The monoisotopic (exact) mass is 305 g/mol. The van der Waals surface area contributed by atoms with Crippen LogP contribution in [0.3, 0.4) is 0 Å². The van der Waals surface area contributed by atoms with Crippen molar-refractivity contribution < 1.29 is 9.21 Å². The third-order valence-corrected chi connectivity index (χ3v) is 3.52. The Labute approximate surface area is 108 Å². The van der Waals surface area contributed by atoms with Crippen LogP contribution < -0.4 is 0 Å². The first-order chi connectivity index (χ1) is 7.70. The molecular formula is C11H13BrClNO2. The molecule has 2 rings (SSSR count). The fourth-order valence-corrected chi connectivity index (χ4v) is 2.61. The second kappa shape index (κ2) is 5.23. The van der Waals surface area contributed by atoms with Crippen LogP contribution in [0.15, 0.2) is 21.2 Å². The topological polar surface area (TPSA) is 33.5 Å². The number of nitrogens with zero attached hydrogens (tertiary/aromatic N) is 1. The van der Waals surface area contributed by atoms with Gasteiger partial charge in [-0.1, -0.05) is 0 Å². The number of hydrogen-bond acceptors (Lipinski definition) is 2. The van der Waals surface area contributed by atoms with E-state index < -0.39 is 0 Å². The minimum atomic E-state index is -0.0252. The fraction of sp³-hybridized carbons (Fsp3) is 0.545. The lowest BCUT2D eigenvalue weighted by Gasteiger charge is -2.14. The molecule has 1 aliphatic heterocycles. The second-order valence-electron chi connectivity index (χ2n) is 3.99. The normalized spacial score (nSPS) is 20.4. The quantitative estimate of drug-likeness (QED) is 0.804. The van der Waals surface area contributed by atoms with Crippen molar-refractivity contribution in [3.05, 3.63) is 22.6 Å². The number of alkyl halides is 1. The van der Waals surface area contributed by atoms with E-state index in [2.05, 4.69) is 15.9 Å². The highest BCUT2D eigenvalue weighted by Crippen LogP contribution is 2.23. The van der Waals surface area contributed by atoms with Crippen LogP contribution in [0, 0.1) is 5.92 Å². The Balaban J connectivity index is 1.97. The SMILES string of the molecule is O=C(c1ccc(Br)o1)N1CCC(CCCl)C1. The lowest BCUT2D eigenvalue weighted by atomic mass is 10.1. The highest BCUT2D eigenvalue weighted by Gasteiger charge is 2.27. The molecule has 3 nitrogen and oxygen atoms in total. The molecule has 1 saturated heterocycles. The van der Waals surface area contributed by atoms with Crippen molar-refractivity contribution in [1.29, 1.82) is 0 Å². The molecule has 1 aromatic heterocycles. The van der Waals surface area contributed by atoms with Gasteiger partial charge >= 0.3 is 0 Å². The summed E-state index contributed by atoms with van der Waals surface area (Å²) in [4.78, 5) is 13.8. The van der Waals surface area contributed by atoms with E-state index in [-0.39, 0.29) is 5.91 Å². The third-order valence-electron chi connectivity index (χ3n) is 2.87. The van der Waals surface area contributed by atoms with E-state index in [4.69, 9.17) is 16.0 Å². The van der Waals surface area contributed by atoms with E-state index in [0.717, 1.165) is 25.9 Å². The zero-order chi connectivity index (χ0) is 11.5. The van der Waals surface area contributed by atoms with Crippen LogP contribution in [0.5, 0.6) is 0 Å². The molecule has 0 saturated carbocycles. The van der Waals surface area contributed by atoms with Gasteiger partial charge in [0.15, 0.2) is 10.4 Å². The van der Waals surface area contributed by atoms with Gasteiger partial charge in [-0.25, -0.2) is 0 Å². The molecule has 1 aromatic rings. The Morgan fingerprint density at radius 2 is 2.44 bits per heavy atom. The molecule has 2 heterocycles. The molecule has 1 unspecified atom stereocenters. The van der Waals surface area contributed by atoms with Crippen molar-refractivity contribution in [3.8, 4) is 0 Å². The lowest BCUT2D eigenvalue weighted by Crippen LogP contribution is -2.28. The van der Waals surface area contributed by atoms with Crippen molar-refractivity contribution in [3.63, 3.8) is 0 Å². The van der Waals surface area contributed by atoms with Crippen LogP contribution in [0.1, 0.15) is 23.4 Å². The molecule has 0 spiro atoms. The Kier molecular flexibility index (Phi) is 3.92. The van der Waals surface area contributed by atoms with E-state index in [1.54, 1.807) is 12.1 Å². The number of halogens is 2. The van der Waals surface area contributed by atoms with Crippen molar-refractivity contribution in [2.45, 2.75) is 12.8 Å². The summed E-state index contributed by atoms with van der Waals surface area (Å²) in [5, 5.41) is 0. The largest absolute Gasteiger partial charge is 0.444 e. The zero-order valence-corrected chi connectivity index (χ0v) is 11.1. The van der Waals surface area contributed by atoms with Gasteiger partial charge in [-0.3, -0.25) is 4.79 Å². The molecule has 1 aliphatic rings. The summed E-state index contributed by atoms with van der Waals surface area (Å²) in [6, 6.07) is 3.43. The molecule has 88 valence electrons. The van der Waals surface area contributed by atoms with Gasteiger partial charge in [-0.15, -0.1) is 11.6 Å². The van der Waals surface area contributed by atoms with E-state index >= 15 is 0 Å². The molecule has 1 amide bonds. The fourth-order valence-electron chi connectivity index (χ4n) is 1.99. The van der Waals surface area contributed by atoms with Crippen LogP contribution >= 0.6 is 27.5 Å². The Morgan fingerprint density at radius 3 is 3.06 bits per heavy atom. The first kappa shape index (κ1) is 12.0. The number of rotatable bonds is 3. The van der Waals surface area contributed by atoms with Crippen LogP contribution in [-0.4, -0.2) is 29.8 Å². The summed E-state index contributed by atoms with van der Waals surface area (Å²) in [5.41, 5.74) is 0. The third kappa shape index (κ3) is 2.61. The summed E-state index contributed by atoms with van der Waals surface area (Å²) in [7, 11) is 0. The Morgan fingerprint density at radius 1 is 1.62 bits per heavy atom. The maximum absolute atomic E-state index is 12.0. The predicted octanol–water partition coefficient (Wildman–Crippen LogP) is 3.13. The van der Waals surface area contributed by atoms with E-state index in [1.807, 2.05) is 4.90 Å². The zero-order valence-electron chi connectivity index (χ0n) is 8.79. The van der Waals surface area contributed by atoms with Gasteiger partial charge in [-0.2, -0.15) is 0 Å².